The van der Waals surface area contributed by atoms with Gasteiger partial charge in [-0.05, 0) is 51.3 Å². The van der Waals surface area contributed by atoms with Crippen molar-refractivity contribution in [3.8, 4) is 0 Å². The van der Waals surface area contributed by atoms with Crippen LogP contribution in [-0.2, 0) is 4.79 Å². The second-order valence-electron chi connectivity index (χ2n) is 5.93. The van der Waals surface area contributed by atoms with Gasteiger partial charge in [0.15, 0.2) is 0 Å². The number of hydrogen-bond acceptors (Lipinski definition) is 2. The minimum atomic E-state index is -0.247. The van der Waals surface area contributed by atoms with Gasteiger partial charge in [-0.15, -0.1) is 12.4 Å². The first-order valence-electron chi connectivity index (χ1n) is 7.80. The Labute approximate surface area is 138 Å². The number of carbonyl (C=O) groups excluding carboxylic acids is 1. The summed E-state index contributed by atoms with van der Waals surface area (Å²) in [5.74, 6) is 0.500. The first-order chi connectivity index (χ1) is 10.1. The molecule has 0 aromatic heterocycles. The first-order valence-corrected chi connectivity index (χ1v) is 7.80. The van der Waals surface area contributed by atoms with Gasteiger partial charge >= 0.3 is 0 Å². The molecule has 22 heavy (non-hydrogen) atoms. The molecule has 1 saturated heterocycles. The molecule has 0 bridgehead atoms. The van der Waals surface area contributed by atoms with Crippen LogP contribution in [0.3, 0.4) is 0 Å². The van der Waals surface area contributed by atoms with Gasteiger partial charge in [0.25, 0.3) is 0 Å². The van der Waals surface area contributed by atoms with Gasteiger partial charge in [-0.3, -0.25) is 4.79 Å². The number of nitrogens with one attached hydrogen (secondary N) is 1. The second-order valence-corrected chi connectivity index (χ2v) is 5.93. The lowest BCUT2D eigenvalue weighted by Gasteiger charge is -2.27. The van der Waals surface area contributed by atoms with E-state index in [9.17, 15) is 9.18 Å². The standard InChI is InChI=1S/C17H25FN2O.ClH/c1-13(15-5-3-4-6-16(15)18)20(2)17(21)8-7-14-9-11-19-12-10-14;/h3-6,13-14,19H,7-12H2,1-2H3;1H. The number of amides is 1. The van der Waals surface area contributed by atoms with E-state index in [4.69, 9.17) is 0 Å². The van der Waals surface area contributed by atoms with Crippen molar-refractivity contribution in [1.82, 2.24) is 10.2 Å². The molecule has 0 radical (unpaired) electrons. The molecular formula is C17H26ClFN2O. The predicted molar refractivity (Wildman–Crippen MR) is 89.7 cm³/mol. The summed E-state index contributed by atoms with van der Waals surface area (Å²) in [5.41, 5.74) is 0.579. The maximum atomic E-state index is 13.8. The fourth-order valence-electron chi connectivity index (χ4n) is 2.91. The van der Waals surface area contributed by atoms with Crippen LogP contribution in [0.2, 0.25) is 0 Å². The summed E-state index contributed by atoms with van der Waals surface area (Å²) in [4.78, 5) is 14.0. The van der Waals surface area contributed by atoms with Crippen molar-refractivity contribution in [3.05, 3.63) is 35.6 Å². The molecule has 1 aromatic carbocycles. The summed E-state index contributed by atoms with van der Waals surface area (Å²) in [6.07, 6.45) is 3.80. The van der Waals surface area contributed by atoms with Crippen molar-refractivity contribution >= 4 is 18.3 Å². The fourth-order valence-corrected chi connectivity index (χ4v) is 2.91. The molecule has 1 aliphatic heterocycles. The SMILES string of the molecule is CC(c1ccccc1F)N(C)C(=O)CCC1CCNCC1.Cl. The fraction of sp³-hybridized carbons (Fsp3) is 0.588. The molecule has 1 aromatic rings. The van der Waals surface area contributed by atoms with Crippen molar-refractivity contribution < 1.29 is 9.18 Å². The van der Waals surface area contributed by atoms with E-state index in [2.05, 4.69) is 5.32 Å². The van der Waals surface area contributed by atoms with Crippen LogP contribution in [0, 0.1) is 11.7 Å². The van der Waals surface area contributed by atoms with Gasteiger partial charge < -0.3 is 10.2 Å². The average Bonchev–Trinajstić information content (AvgIpc) is 2.52. The van der Waals surface area contributed by atoms with Crippen LogP contribution in [0.1, 0.15) is 44.2 Å². The third-order valence-corrected chi connectivity index (χ3v) is 4.55. The second kappa shape index (κ2) is 9.11. The summed E-state index contributed by atoms with van der Waals surface area (Å²) in [7, 11) is 1.77. The van der Waals surface area contributed by atoms with Crippen LogP contribution in [0.4, 0.5) is 4.39 Å². The van der Waals surface area contributed by atoms with Crippen LogP contribution in [-0.4, -0.2) is 30.9 Å². The van der Waals surface area contributed by atoms with Gasteiger partial charge in [-0.25, -0.2) is 4.39 Å². The molecular weight excluding hydrogens is 303 g/mol. The number of halogens is 2. The lowest BCUT2D eigenvalue weighted by atomic mass is 9.93. The van der Waals surface area contributed by atoms with Crippen LogP contribution < -0.4 is 5.32 Å². The lowest BCUT2D eigenvalue weighted by molar-refractivity contribution is -0.132. The summed E-state index contributed by atoms with van der Waals surface area (Å²) >= 11 is 0. The molecule has 1 atom stereocenters. The third-order valence-electron chi connectivity index (χ3n) is 4.55. The van der Waals surface area contributed by atoms with Crippen LogP contribution in [0.5, 0.6) is 0 Å². The van der Waals surface area contributed by atoms with Crippen molar-refractivity contribution in [2.24, 2.45) is 5.92 Å². The molecule has 1 fully saturated rings. The molecule has 5 heteroatoms. The van der Waals surface area contributed by atoms with Crippen molar-refractivity contribution in [1.29, 1.82) is 0 Å². The molecule has 124 valence electrons. The zero-order valence-corrected chi connectivity index (χ0v) is 14.2. The van der Waals surface area contributed by atoms with Gasteiger partial charge in [0.1, 0.15) is 5.82 Å². The van der Waals surface area contributed by atoms with Crippen LogP contribution in [0.15, 0.2) is 24.3 Å². The summed E-state index contributed by atoms with van der Waals surface area (Å²) < 4.78 is 13.8. The highest BCUT2D eigenvalue weighted by molar-refractivity contribution is 5.85. The van der Waals surface area contributed by atoms with E-state index < -0.39 is 0 Å². The average molecular weight is 329 g/mol. The van der Waals surface area contributed by atoms with Gasteiger partial charge in [-0.2, -0.15) is 0 Å². The predicted octanol–water partition coefficient (Wildman–Crippen LogP) is 3.55. The molecule has 1 aliphatic rings. The number of carbonyl (C=O) groups is 1. The Hall–Kier alpha value is -1.13. The largest absolute Gasteiger partial charge is 0.339 e. The van der Waals surface area contributed by atoms with Crippen LogP contribution in [0.25, 0.3) is 0 Å². The summed E-state index contributed by atoms with van der Waals surface area (Å²) in [6.45, 7) is 3.99. The van der Waals surface area contributed by atoms with E-state index in [-0.39, 0.29) is 30.2 Å². The van der Waals surface area contributed by atoms with Gasteiger partial charge in [-0.1, -0.05) is 18.2 Å². The van der Waals surface area contributed by atoms with E-state index in [1.807, 2.05) is 13.0 Å². The van der Waals surface area contributed by atoms with Crippen molar-refractivity contribution in [2.45, 2.75) is 38.6 Å². The zero-order chi connectivity index (χ0) is 15.2. The Morgan fingerprint density at radius 2 is 2.00 bits per heavy atom. The molecule has 1 N–H and O–H groups in total. The number of piperidine rings is 1. The van der Waals surface area contributed by atoms with Crippen molar-refractivity contribution in [2.75, 3.05) is 20.1 Å². The highest BCUT2D eigenvalue weighted by Gasteiger charge is 2.21. The number of benzene rings is 1. The number of rotatable bonds is 5. The molecule has 1 heterocycles. The minimum absolute atomic E-state index is 0. The van der Waals surface area contributed by atoms with E-state index in [0.29, 0.717) is 17.9 Å². The van der Waals surface area contributed by atoms with Crippen molar-refractivity contribution in [3.63, 3.8) is 0 Å². The van der Waals surface area contributed by atoms with E-state index >= 15 is 0 Å². The third kappa shape index (κ3) is 4.96. The maximum Gasteiger partial charge on any atom is 0.222 e. The molecule has 0 saturated carbocycles. The number of nitrogens with zero attached hydrogens (tertiary/aromatic N) is 1. The first kappa shape index (κ1) is 18.9. The highest BCUT2D eigenvalue weighted by atomic mass is 35.5. The Balaban J connectivity index is 0.00000242. The Kier molecular flexibility index (Phi) is 7.83. The van der Waals surface area contributed by atoms with E-state index in [1.165, 1.54) is 6.07 Å². The van der Waals surface area contributed by atoms with Crippen LogP contribution >= 0.6 is 12.4 Å². The maximum absolute atomic E-state index is 13.8. The molecule has 0 spiro atoms. The topological polar surface area (TPSA) is 32.3 Å². The van der Waals surface area contributed by atoms with Gasteiger partial charge in [0.2, 0.25) is 5.91 Å². The molecule has 2 rings (SSSR count). The Morgan fingerprint density at radius 1 is 1.36 bits per heavy atom. The zero-order valence-electron chi connectivity index (χ0n) is 13.3. The molecule has 1 amide bonds. The highest BCUT2D eigenvalue weighted by Crippen LogP contribution is 2.24. The molecule has 1 unspecified atom stereocenters. The summed E-state index contributed by atoms with van der Waals surface area (Å²) in [5, 5.41) is 3.33. The monoisotopic (exact) mass is 328 g/mol. The van der Waals surface area contributed by atoms with Gasteiger partial charge in [0.05, 0.1) is 6.04 Å². The Morgan fingerprint density at radius 3 is 2.64 bits per heavy atom. The minimum Gasteiger partial charge on any atom is -0.339 e. The smallest absolute Gasteiger partial charge is 0.222 e. The Bertz CT molecular complexity index is 477. The normalized spacial score (nSPS) is 16.7. The van der Waals surface area contributed by atoms with E-state index in [0.717, 1.165) is 32.4 Å². The molecule has 3 nitrogen and oxygen atoms in total. The summed E-state index contributed by atoms with van der Waals surface area (Å²) in [6, 6.07) is 6.44. The molecule has 0 aliphatic carbocycles. The lowest BCUT2D eigenvalue weighted by Crippen LogP contribution is -2.32. The van der Waals surface area contributed by atoms with E-state index in [1.54, 1.807) is 24.1 Å². The number of hydrogen-bond donors (Lipinski definition) is 1. The quantitative estimate of drug-likeness (QED) is 0.896. The van der Waals surface area contributed by atoms with Gasteiger partial charge in [0, 0.05) is 19.0 Å².